The normalized spacial score (nSPS) is 25.0. The lowest BCUT2D eigenvalue weighted by Crippen LogP contribution is -2.57. The lowest BCUT2D eigenvalue weighted by atomic mass is 9.88. The fourth-order valence-corrected chi connectivity index (χ4v) is 2.23. The Kier molecular flexibility index (Phi) is 4.34. The first-order valence-corrected chi connectivity index (χ1v) is 5.97. The van der Waals surface area contributed by atoms with Crippen molar-refractivity contribution >= 4 is 11.9 Å². The van der Waals surface area contributed by atoms with Gasteiger partial charge in [0.15, 0.2) is 5.60 Å². The van der Waals surface area contributed by atoms with Crippen LogP contribution in [0.2, 0.25) is 0 Å². The molecular weight excluding hydrogens is 238 g/mol. The zero-order valence-corrected chi connectivity index (χ0v) is 11.1. The predicted octanol–water partition coefficient (Wildman–Crippen LogP) is 0.0971. The van der Waals surface area contributed by atoms with Gasteiger partial charge in [-0.1, -0.05) is 0 Å². The van der Waals surface area contributed by atoms with Crippen LogP contribution in [0.1, 0.15) is 26.7 Å². The second kappa shape index (κ2) is 5.24. The molecule has 0 spiro atoms. The van der Waals surface area contributed by atoms with Gasteiger partial charge in [-0.2, -0.15) is 0 Å². The third-order valence-corrected chi connectivity index (χ3v) is 3.24. The molecule has 0 aromatic carbocycles. The molecule has 1 atom stereocenters. The standard InChI is InChI=1S/C12H21NO5/c1-11(2,8-18-3)9(14)13-6-4-5-12(17,7-13)10(15)16/h17H,4-8H2,1-3H3,(H,15,16). The Bertz CT molecular complexity index is 341. The number of amides is 1. The zero-order chi connectivity index (χ0) is 14.0. The van der Waals surface area contributed by atoms with Gasteiger partial charge in [0, 0.05) is 13.7 Å². The number of carbonyl (C=O) groups excluding carboxylic acids is 1. The van der Waals surface area contributed by atoms with E-state index in [0.717, 1.165) is 0 Å². The summed E-state index contributed by atoms with van der Waals surface area (Å²) in [6.45, 7) is 4.06. The summed E-state index contributed by atoms with van der Waals surface area (Å²) in [4.78, 5) is 24.7. The first-order chi connectivity index (χ1) is 8.23. The van der Waals surface area contributed by atoms with Crippen molar-refractivity contribution in [2.45, 2.75) is 32.3 Å². The number of carbonyl (C=O) groups is 2. The molecular formula is C12H21NO5. The van der Waals surface area contributed by atoms with Gasteiger partial charge in [-0.3, -0.25) is 4.79 Å². The molecule has 1 unspecified atom stereocenters. The van der Waals surface area contributed by atoms with E-state index in [9.17, 15) is 14.7 Å². The number of carboxylic acid groups (broad SMARTS) is 1. The summed E-state index contributed by atoms with van der Waals surface area (Å²) in [5.41, 5.74) is -2.54. The predicted molar refractivity (Wildman–Crippen MR) is 64.1 cm³/mol. The molecule has 1 amide bonds. The van der Waals surface area contributed by atoms with Gasteiger partial charge in [0.25, 0.3) is 0 Å². The van der Waals surface area contributed by atoms with Crippen LogP contribution in [0.15, 0.2) is 0 Å². The Labute approximate surface area is 107 Å². The highest BCUT2D eigenvalue weighted by molar-refractivity contribution is 5.84. The lowest BCUT2D eigenvalue weighted by molar-refractivity contribution is -0.169. The van der Waals surface area contributed by atoms with Crippen molar-refractivity contribution < 1.29 is 24.5 Å². The monoisotopic (exact) mass is 259 g/mol. The second-order valence-electron chi connectivity index (χ2n) is 5.48. The van der Waals surface area contributed by atoms with Crippen LogP contribution in [-0.2, 0) is 14.3 Å². The number of hydrogen-bond acceptors (Lipinski definition) is 4. The average Bonchev–Trinajstić information content (AvgIpc) is 2.27. The van der Waals surface area contributed by atoms with Gasteiger partial charge in [0.2, 0.25) is 5.91 Å². The molecule has 1 saturated heterocycles. The number of piperidine rings is 1. The number of carboxylic acids is 1. The van der Waals surface area contributed by atoms with Crippen molar-refractivity contribution in [3.05, 3.63) is 0 Å². The number of rotatable bonds is 4. The smallest absolute Gasteiger partial charge is 0.337 e. The SMILES string of the molecule is COCC(C)(C)C(=O)N1CCCC(O)(C(=O)O)C1. The number of ether oxygens (including phenoxy) is 1. The second-order valence-corrected chi connectivity index (χ2v) is 5.48. The van der Waals surface area contributed by atoms with E-state index in [4.69, 9.17) is 9.84 Å². The van der Waals surface area contributed by atoms with Crippen molar-refractivity contribution in [1.82, 2.24) is 4.90 Å². The van der Waals surface area contributed by atoms with Crippen LogP contribution in [-0.4, -0.2) is 59.4 Å². The average molecular weight is 259 g/mol. The van der Waals surface area contributed by atoms with Crippen LogP contribution in [0.25, 0.3) is 0 Å². The van der Waals surface area contributed by atoms with E-state index < -0.39 is 17.0 Å². The van der Waals surface area contributed by atoms with Gasteiger partial charge >= 0.3 is 5.97 Å². The van der Waals surface area contributed by atoms with Crippen molar-refractivity contribution in [2.24, 2.45) is 5.41 Å². The van der Waals surface area contributed by atoms with Gasteiger partial charge in [-0.25, -0.2) is 4.79 Å². The van der Waals surface area contributed by atoms with E-state index in [-0.39, 0.29) is 25.5 Å². The summed E-state index contributed by atoms with van der Waals surface area (Å²) >= 11 is 0. The topological polar surface area (TPSA) is 87.1 Å². The number of methoxy groups -OCH3 is 1. The first-order valence-electron chi connectivity index (χ1n) is 5.97. The maximum atomic E-state index is 12.3. The van der Waals surface area contributed by atoms with E-state index >= 15 is 0 Å². The molecule has 104 valence electrons. The molecule has 1 aliphatic heterocycles. The third kappa shape index (κ3) is 3.00. The number of nitrogens with zero attached hydrogens (tertiary/aromatic N) is 1. The quantitative estimate of drug-likeness (QED) is 0.747. The number of likely N-dealkylation sites (tertiary alicyclic amines) is 1. The maximum absolute atomic E-state index is 12.3. The van der Waals surface area contributed by atoms with Crippen LogP contribution in [0.4, 0.5) is 0 Å². The molecule has 2 N–H and O–H groups in total. The van der Waals surface area contributed by atoms with Crippen molar-refractivity contribution in [2.75, 3.05) is 26.8 Å². The number of aliphatic carboxylic acids is 1. The highest BCUT2D eigenvalue weighted by Crippen LogP contribution is 2.26. The summed E-state index contributed by atoms with van der Waals surface area (Å²) in [5.74, 6) is -1.46. The minimum atomic E-state index is -1.82. The van der Waals surface area contributed by atoms with Crippen molar-refractivity contribution in [3.63, 3.8) is 0 Å². The van der Waals surface area contributed by atoms with E-state index in [1.165, 1.54) is 12.0 Å². The zero-order valence-electron chi connectivity index (χ0n) is 11.1. The molecule has 1 rings (SSSR count). The van der Waals surface area contributed by atoms with Crippen molar-refractivity contribution in [1.29, 1.82) is 0 Å². The highest BCUT2D eigenvalue weighted by Gasteiger charge is 2.44. The van der Waals surface area contributed by atoms with E-state index in [1.807, 2.05) is 0 Å². The fourth-order valence-electron chi connectivity index (χ4n) is 2.23. The lowest BCUT2D eigenvalue weighted by Gasteiger charge is -2.39. The molecule has 0 bridgehead atoms. The number of β-amino-alcohol motifs (C(OH)–C–C–N with tert-alkyl or cyclic N) is 1. The summed E-state index contributed by atoms with van der Waals surface area (Å²) in [6.07, 6.45) is 0.661. The van der Waals surface area contributed by atoms with Crippen LogP contribution in [0.3, 0.4) is 0 Å². The minimum Gasteiger partial charge on any atom is -0.479 e. The molecule has 1 fully saturated rings. The van der Waals surface area contributed by atoms with Crippen LogP contribution >= 0.6 is 0 Å². The molecule has 1 aliphatic rings. The summed E-state index contributed by atoms with van der Waals surface area (Å²) in [6, 6.07) is 0. The van der Waals surface area contributed by atoms with Gasteiger partial charge < -0.3 is 19.8 Å². The summed E-state index contributed by atoms with van der Waals surface area (Å²) < 4.78 is 4.99. The minimum absolute atomic E-state index is 0.158. The molecule has 0 aromatic heterocycles. The maximum Gasteiger partial charge on any atom is 0.337 e. The summed E-state index contributed by atoms with van der Waals surface area (Å²) in [7, 11) is 1.51. The van der Waals surface area contributed by atoms with Crippen molar-refractivity contribution in [3.8, 4) is 0 Å². The Morgan fingerprint density at radius 3 is 2.56 bits per heavy atom. The Morgan fingerprint density at radius 1 is 1.44 bits per heavy atom. The molecule has 0 radical (unpaired) electrons. The molecule has 6 heteroatoms. The molecule has 6 nitrogen and oxygen atoms in total. The Balaban J connectivity index is 2.79. The third-order valence-electron chi connectivity index (χ3n) is 3.24. The van der Waals surface area contributed by atoms with Gasteiger partial charge in [0.05, 0.1) is 18.6 Å². The fraction of sp³-hybridized carbons (Fsp3) is 0.833. The molecule has 0 saturated carbocycles. The Morgan fingerprint density at radius 2 is 2.06 bits per heavy atom. The molecule has 1 heterocycles. The van der Waals surface area contributed by atoms with Gasteiger partial charge in [0.1, 0.15) is 0 Å². The number of hydrogen-bond donors (Lipinski definition) is 2. The highest BCUT2D eigenvalue weighted by atomic mass is 16.5. The van der Waals surface area contributed by atoms with Gasteiger partial charge in [-0.15, -0.1) is 0 Å². The van der Waals surface area contributed by atoms with Crippen LogP contribution in [0.5, 0.6) is 0 Å². The van der Waals surface area contributed by atoms with Crippen LogP contribution in [0, 0.1) is 5.41 Å². The number of aliphatic hydroxyl groups is 1. The Hall–Kier alpha value is -1.14. The molecule has 18 heavy (non-hydrogen) atoms. The van der Waals surface area contributed by atoms with Gasteiger partial charge in [-0.05, 0) is 26.7 Å². The first kappa shape index (κ1) is 14.9. The molecule has 0 aromatic rings. The van der Waals surface area contributed by atoms with E-state index in [1.54, 1.807) is 13.8 Å². The van der Waals surface area contributed by atoms with Crippen LogP contribution < -0.4 is 0 Å². The summed E-state index contributed by atoms with van der Waals surface area (Å²) in [5, 5.41) is 18.9. The molecule has 0 aliphatic carbocycles. The largest absolute Gasteiger partial charge is 0.479 e. The van der Waals surface area contributed by atoms with E-state index in [2.05, 4.69) is 0 Å². The van der Waals surface area contributed by atoms with E-state index in [0.29, 0.717) is 13.0 Å².